The fraction of sp³-hybridized carbons (Fsp3) is 0.500. The molecule has 0 unspecified atom stereocenters. The van der Waals surface area contributed by atoms with E-state index in [0.717, 1.165) is 5.56 Å². The number of nitrogens with one attached hydrogen (secondary N) is 1. The molecule has 0 saturated heterocycles. The van der Waals surface area contributed by atoms with Crippen molar-refractivity contribution in [1.82, 2.24) is 5.32 Å². The molecule has 0 aliphatic heterocycles. The molecule has 0 aromatic heterocycles. The van der Waals surface area contributed by atoms with Crippen LogP contribution >= 0.6 is 0 Å². The smallest absolute Gasteiger partial charge is 0.224 e. The predicted molar refractivity (Wildman–Crippen MR) is 65.4 cm³/mol. The van der Waals surface area contributed by atoms with Gasteiger partial charge in [-0.15, -0.1) is 0 Å². The Kier molecular flexibility index (Phi) is 3.28. The summed E-state index contributed by atoms with van der Waals surface area (Å²) in [5.41, 5.74) is 4.04. The zero-order valence-corrected chi connectivity index (χ0v) is 10.0. The summed E-state index contributed by atoms with van der Waals surface area (Å²) < 4.78 is 0. The van der Waals surface area contributed by atoms with Crippen molar-refractivity contribution >= 4 is 5.91 Å². The highest BCUT2D eigenvalue weighted by molar-refractivity contribution is 5.78. The SMILES string of the molecule is CC(C)NC(=O)Cc1ccc2c(c1)CCC2. The van der Waals surface area contributed by atoms with Gasteiger partial charge in [0.25, 0.3) is 0 Å². The average molecular weight is 217 g/mol. The van der Waals surface area contributed by atoms with Crippen molar-refractivity contribution in [3.05, 3.63) is 34.9 Å². The molecule has 1 amide bonds. The summed E-state index contributed by atoms with van der Waals surface area (Å²) in [7, 11) is 0. The van der Waals surface area contributed by atoms with Crippen molar-refractivity contribution < 1.29 is 4.79 Å². The Hall–Kier alpha value is -1.31. The van der Waals surface area contributed by atoms with Crippen molar-refractivity contribution in [2.24, 2.45) is 0 Å². The molecule has 2 heteroatoms. The van der Waals surface area contributed by atoms with Crippen molar-refractivity contribution in [2.45, 2.75) is 45.6 Å². The Labute approximate surface area is 97.1 Å². The second-order valence-corrected chi connectivity index (χ2v) is 4.86. The lowest BCUT2D eigenvalue weighted by atomic mass is 10.0. The number of carbonyl (C=O) groups excluding carboxylic acids is 1. The van der Waals surface area contributed by atoms with Crippen molar-refractivity contribution in [3.8, 4) is 0 Å². The first-order chi connectivity index (χ1) is 7.65. The lowest BCUT2D eigenvalue weighted by molar-refractivity contribution is -0.120. The van der Waals surface area contributed by atoms with Crippen LogP contribution in [0.15, 0.2) is 18.2 Å². The number of hydrogen-bond donors (Lipinski definition) is 1. The van der Waals surface area contributed by atoms with Crippen molar-refractivity contribution in [1.29, 1.82) is 0 Å². The summed E-state index contributed by atoms with van der Waals surface area (Å²) >= 11 is 0. The number of hydrogen-bond acceptors (Lipinski definition) is 1. The van der Waals surface area contributed by atoms with Gasteiger partial charge >= 0.3 is 0 Å². The van der Waals surface area contributed by atoms with Crippen LogP contribution in [0.3, 0.4) is 0 Å². The zero-order chi connectivity index (χ0) is 11.5. The Balaban J connectivity index is 2.02. The quantitative estimate of drug-likeness (QED) is 0.826. The number of aryl methyl sites for hydroxylation is 2. The minimum atomic E-state index is 0.118. The summed E-state index contributed by atoms with van der Waals surface area (Å²) in [6, 6.07) is 6.69. The van der Waals surface area contributed by atoms with Crippen LogP contribution < -0.4 is 5.32 Å². The van der Waals surface area contributed by atoms with Gasteiger partial charge in [-0.25, -0.2) is 0 Å². The molecule has 1 aromatic carbocycles. The van der Waals surface area contributed by atoms with Gasteiger partial charge in [0.15, 0.2) is 0 Å². The lowest BCUT2D eigenvalue weighted by Gasteiger charge is -2.09. The molecule has 1 aliphatic carbocycles. The first kappa shape index (κ1) is 11.2. The number of amides is 1. The van der Waals surface area contributed by atoms with E-state index in [1.165, 1.54) is 30.4 Å². The van der Waals surface area contributed by atoms with Gasteiger partial charge in [-0.2, -0.15) is 0 Å². The molecule has 86 valence electrons. The van der Waals surface area contributed by atoms with Crippen molar-refractivity contribution in [2.75, 3.05) is 0 Å². The average Bonchev–Trinajstić information content (AvgIpc) is 2.63. The van der Waals surface area contributed by atoms with Crippen LogP contribution in [0.4, 0.5) is 0 Å². The Morgan fingerprint density at radius 1 is 1.31 bits per heavy atom. The number of fused-ring (bicyclic) bond motifs is 1. The zero-order valence-electron chi connectivity index (χ0n) is 10.0. The maximum Gasteiger partial charge on any atom is 0.224 e. The monoisotopic (exact) mass is 217 g/mol. The molecule has 16 heavy (non-hydrogen) atoms. The second-order valence-electron chi connectivity index (χ2n) is 4.86. The molecule has 0 bridgehead atoms. The summed E-state index contributed by atoms with van der Waals surface area (Å²) in [4.78, 5) is 11.6. The van der Waals surface area contributed by atoms with E-state index in [4.69, 9.17) is 0 Å². The molecule has 0 radical (unpaired) electrons. The Morgan fingerprint density at radius 2 is 2.06 bits per heavy atom. The molecule has 0 spiro atoms. The standard InChI is InChI=1S/C14H19NO/c1-10(2)15-14(16)9-11-6-7-12-4-3-5-13(12)8-11/h6-8,10H,3-5,9H2,1-2H3,(H,15,16). The summed E-state index contributed by atoms with van der Waals surface area (Å²) in [5.74, 6) is 0.118. The van der Waals surface area contributed by atoms with E-state index in [9.17, 15) is 4.79 Å². The maximum absolute atomic E-state index is 11.6. The lowest BCUT2D eigenvalue weighted by Crippen LogP contribution is -2.31. The van der Waals surface area contributed by atoms with E-state index in [-0.39, 0.29) is 11.9 Å². The normalized spacial score (nSPS) is 13.9. The molecule has 0 heterocycles. The minimum absolute atomic E-state index is 0.118. The minimum Gasteiger partial charge on any atom is -0.354 e. The van der Waals surface area contributed by atoms with Gasteiger partial charge in [0.1, 0.15) is 0 Å². The van der Waals surface area contributed by atoms with Gasteiger partial charge in [0, 0.05) is 6.04 Å². The summed E-state index contributed by atoms with van der Waals surface area (Å²) in [6.07, 6.45) is 4.14. The summed E-state index contributed by atoms with van der Waals surface area (Å²) in [5, 5.41) is 2.92. The number of benzene rings is 1. The van der Waals surface area contributed by atoms with Gasteiger partial charge < -0.3 is 5.32 Å². The third kappa shape index (κ3) is 2.63. The summed E-state index contributed by atoms with van der Waals surface area (Å²) in [6.45, 7) is 3.97. The fourth-order valence-electron chi connectivity index (χ4n) is 2.29. The molecule has 2 nitrogen and oxygen atoms in total. The highest BCUT2D eigenvalue weighted by Crippen LogP contribution is 2.22. The van der Waals surface area contributed by atoms with E-state index >= 15 is 0 Å². The van der Waals surface area contributed by atoms with Gasteiger partial charge in [-0.3, -0.25) is 4.79 Å². The highest BCUT2D eigenvalue weighted by Gasteiger charge is 2.12. The Morgan fingerprint density at radius 3 is 2.81 bits per heavy atom. The van der Waals surface area contributed by atoms with Crippen LogP contribution in [0.25, 0.3) is 0 Å². The van der Waals surface area contributed by atoms with E-state index in [0.29, 0.717) is 6.42 Å². The van der Waals surface area contributed by atoms with Crippen LogP contribution in [-0.4, -0.2) is 11.9 Å². The molecular weight excluding hydrogens is 198 g/mol. The van der Waals surface area contributed by atoms with E-state index in [1.54, 1.807) is 0 Å². The molecule has 0 fully saturated rings. The Bertz CT molecular complexity index is 396. The molecule has 1 N–H and O–H groups in total. The second kappa shape index (κ2) is 4.69. The first-order valence-corrected chi connectivity index (χ1v) is 6.05. The molecule has 2 rings (SSSR count). The highest BCUT2D eigenvalue weighted by atomic mass is 16.1. The first-order valence-electron chi connectivity index (χ1n) is 6.05. The number of rotatable bonds is 3. The largest absolute Gasteiger partial charge is 0.354 e. The van der Waals surface area contributed by atoms with Gasteiger partial charge in [0.05, 0.1) is 6.42 Å². The van der Waals surface area contributed by atoms with E-state index < -0.39 is 0 Å². The van der Waals surface area contributed by atoms with Gasteiger partial charge in [-0.1, -0.05) is 18.2 Å². The predicted octanol–water partition coefficient (Wildman–Crippen LogP) is 2.24. The molecule has 1 aromatic rings. The van der Waals surface area contributed by atoms with E-state index in [1.807, 2.05) is 13.8 Å². The van der Waals surface area contributed by atoms with E-state index in [2.05, 4.69) is 23.5 Å². The van der Waals surface area contributed by atoms with Crippen LogP contribution in [0.1, 0.15) is 37.0 Å². The maximum atomic E-state index is 11.6. The molecular formula is C14H19NO. The third-order valence-electron chi connectivity index (χ3n) is 2.98. The fourth-order valence-corrected chi connectivity index (χ4v) is 2.29. The third-order valence-corrected chi connectivity index (χ3v) is 2.98. The van der Waals surface area contributed by atoms with Crippen LogP contribution in [0, 0.1) is 0 Å². The van der Waals surface area contributed by atoms with Gasteiger partial charge in [-0.05, 0) is 49.8 Å². The number of carbonyl (C=O) groups is 1. The topological polar surface area (TPSA) is 29.1 Å². The van der Waals surface area contributed by atoms with Gasteiger partial charge in [0.2, 0.25) is 5.91 Å². The molecule has 0 atom stereocenters. The van der Waals surface area contributed by atoms with Crippen molar-refractivity contribution in [3.63, 3.8) is 0 Å². The van der Waals surface area contributed by atoms with Crippen LogP contribution in [0.2, 0.25) is 0 Å². The van der Waals surface area contributed by atoms with Crippen LogP contribution in [-0.2, 0) is 24.1 Å². The van der Waals surface area contributed by atoms with Crippen LogP contribution in [0.5, 0.6) is 0 Å². The molecule has 0 saturated carbocycles. The molecule has 1 aliphatic rings.